The largest absolute Gasteiger partial charge is 0.493 e. The van der Waals surface area contributed by atoms with Crippen molar-refractivity contribution in [3.8, 4) is 11.5 Å². The highest BCUT2D eigenvalue weighted by Gasteiger charge is 2.30. The second kappa shape index (κ2) is 8.97. The first-order valence-electron chi connectivity index (χ1n) is 10.6. The van der Waals surface area contributed by atoms with E-state index in [-0.39, 0.29) is 6.04 Å². The Morgan fingerprint density at radius 3 is 2.32 bits per heavy atom. The van der Waals surface area contributed by atoms with E-state index in [0.29, 0.717) is 0 Å². The maximum atomic E-state index is 5.62. The minimum Gasteiger partial charge on any atom is -0.493 e. The fraction of sp³-hybridized carbons (Fsp3) is 0.500. The summed E-state index contributed by atoms with van der Waals surface area (Å²) in [5.41, 5.74) is 4.09. The van der Waals surface area contributed by atoms with E-state index in [0.717, 1.165) is 31.0 Å². The maximum Gasteiger partial charge on any atom is 0.161 e. The summed E-state index contributed by atoms with van der Waals surface area (Å²) >= 11 is 0. The third kappa shape index (κ3) is 4.03. The fourth-order valence-electron chi connectivity index (χ4n) is 4.77. The third-order valence-corrected chi connectivity index (χ3v) is 6.21. The molecule has 0 amide bonds. The summed E-state index contributed by atoms with van der Waals surface area (Å²) in [5.74, 6) is 1.65. The quantitative estimate of drug-likeness (QED) is 0.721. The molecule has 150 valence electrons. The normalized spacial score (nSPS) is 20.1. The maximum absolute atomic E-state index is 5.62. The zero-order chi connectivity index (χ0) is 19.3. The van der Waals surface area contributed by atoms with Crippen LogP contribution >= 0.6 is 0 Å². The Balaban J connectivity index is 1.60. The topological polar surface area (TPSA) is 24.9 Å². The molecule has 2 aromatic carbocycles. The van der Waals surface area contributed by atoms with Gasteiger partial charge in [-0.2, -0.15) is 0 Å². The smallest absolute Gasteiger partial charge is 0.161 e. The predicted molar refractivity (Wildman–Crippen MR) is 113 cm³/mol. The summed E-state index contributed by atoms with van der Waals surface area (Å²) in [6, 6.07) is 15.5. The first-order valence-corrected chi connectivity index (χ1v) is 10.6. The van der Waals surface area contributed by atoms with Gasteiger partial charge in [-0.05, 0) is 74.1 Å². The minimum atomic E-state index is 0.281. The van der Waals surface area contributed by atoms with Gasteiger partial charge in [0.05, 0.1) is 20.3 Å². The summed E-state index contributed by atoms with van der Waals surface area (Å²) in [6.07, 6.45) is 5.02. The second-order valence-electron chi connectivity index (χ2n) is 7.91. The number of ether oxygens (including phenoxy) is 2. The molecule has 0 radical (unpaired) electrons. The summed E-state index contributed by atoms with van der Waals surface area (Å²) in [4.78, 5) is 5.27. The number of rotatable bonds is 7. The van der Waals surface area contributed by atoms with Gasteiger partial charge in [0.2, 0.25) is 0 Å². The highest BCUT2D eigenvalue weighted by atomic mass is 16.5. The van der Waals surface area contributed by atoms with Crippen LogP contribution in [0.25, 0.3) is 0 Å². The molecule has 0 saturated carbocycles. The molecule has 1 fully saturated rings. The number of fused-ring (bicyclic) bond motifs is 1. The molecule has 1 unspecified atom stereocenters. The Bertz CT molecular complexity index is 772. The Labute approximate surface area is 169 Å². The van der Waals surface area contributed by atoms with Crippen LogP contribution in [-0.2, 0) is 6.42 Å². The van der Waals surface area contributed by atoms with Crippen LogP contribution < -0.4 is 9.47 Å². The first-order chi connectivity index (χ1) is 13.8. The molecule has 0 bridgehead atoms. The molecule has 1 saturated heterocycles. The molecular weight excluding hydrogens is 348 g/mol. The SMILES string of the molecule is COc1cc2c(cc1OC)C(c1ccccc1)N(CCCN1CCCC1)CC2. The van der Waals surface area contributed by atoms with Crippen LogP contribution in [0.5, 0.6) is 11.5 Å². The van der Waals surface area contributed by atoms with E-state index in [9.17, 15) is 0 Å². The van der Waals surface area contributed by atoms with Crippen molar-refractivity contribution < 1.29 is 9.47 Å². The molecule has 1 atom stereocenters. The lowest BCUT2D eigenvalue weighted by molar-refractivity contribution is 0.197. The van der Waals surface area contributed by atoms with E-state index < -0.39 is 0 Å². The third-order valence-electron chi connectivity index (χ3n) is 6.21. The van der Waals surface area contributed by atoms with Gasteiger partial charge < -0.3 is 14.4 Å². The van der Waals surface area contributed by atoms with Crippen molar-refractivity contribution in [3.05, 3.63) is 59.2 Å². The van der Waals surface area contributed by atoms with Gasteiger partial charge in [0.1, 0.15) is 0 Å². The first kappa shape index (κ1) is 19.3. The zero-order valence-electron chi connectivity index (χ0n) is 17.2. The van der Waals surface area contributed by atoms with Crippen molar-refractivity contribution in [1.82, 2.24) is 9.80 Å². The lowest BCUT2D eigenvalue weighted by Gasteiger charge is -2.38. The monoisotopic (exact) mass is 380 g/mol. The van der Waals surface area contributed by atoms with Crippen LogP contribution in [0.4, 0.5) is 0 Å². The van der Waals surface area contributed by atoms with Crippen molar-refractivity contribution >= 4 is 0 Å². The van der Waals surface area contributed by atoms with Gasteiger partial charge in [-0.3, -0.25) is 4.90 Å². The zero-order valence-corrected chi connectivity index (χ0v) is 17.2. The van der Waals surface area contributed by atoms with Crippen LogP contribution in [0.3, 0.4) is 0 Å². The summed E-state index contributed by atoms with van der Waals surface area (Å²) in [6.45, 7) is 5.99. The molecule has 28 heavy (non-hydrogen) atoms. The van der Waals surface area contributed by atoms with E-state index in [1.165, 1.54) is 55.6 Å². The average molecular weight is 381 g/mol. The minimum absolute atomic E-state index is 0.281. The van der Waals surface area contributed by atoms with Crippen molar-refractivity contribution in [3.63, 3.8) is 0 Å². The molecule has 2 aliphatic heterocycles. The lowest BCUT2D eigenvalue weighted by Crippen LogP contribution is -2.38. The van der Waals surface area contributed by atoms with Crippen LogP contribution in [0.1, 0.15) is 42.0 Å². The number of hydrogen-bond acceptors (Lipinski definition) is 4. The molecule has 4 rings (SSSR count). The van der Waals surface area contributed by atoms with Gasteiger partial charge in [0.15, 0.2) is 11.5 Å². The van der Waals surface area contributed by atoms with E-state index in [4.69, 9.17) is 9.47 Å². The fourth-order valence-corrected chi connectivity index (χ4v) is 4.77. The Morgan fingerprint density at radius 2 is 1.61 bits per heavy atom. The van der Waals surface area contributed by atoms with E-state index in [1.54, 1.807) is 14.2 Å². The van der Waals surface area contributed by atoms with E-state index in [1.807, 2.05) is 0 Å². The van der Waals surface area contributed by atoms with Gasteiger partial charge in [0.25, 0.3) is 0 Å². The van der Waals surface area contributed by atoms with Crippen LogP contribution in [0.15, 0.2) is 42.5 Å². The Kier molecular flexibility index (Phi) is 6.18. The summed E-state index contributed by atoms with van der Waals surface area (Å²) in [7, 11) is 3.44. The summed E-state index contributed by atoms with van der Waals surface area (Å²) in [5, 5.41) is 0. The molecule has 0 aromatic heterocycles. The van der Waals surface area contributed by atoms with Crippen molar-refractivity contribution in [2.75, 3.05) is 46.9 Å². The van der Waals surface area contributed by atoms with E-state index in [2.05, 4.69) is 52.3 Å². The predicted octanol–water partition coefficient (Wildman–Crippen LogP) is 4.14. The van der Waals surface area contributed by atoms with Crippen molar-refractivity contribution in [1.29, 1.82) is 0 Å². The second-order valence-corrected chi connectivity index (χ2v) is 7.91. The molecule has 0 N–H and O–H groups in total. The lowest BCUT2D eigenvalue weighted by atomic mass is 9.87. The molecule has 2 aromatic rings. The number of hydrogen-bond donors (Lipinski definition) is 0. The average Bonchev–Trinajstić information content (AvgIpc) is 3.26. The standard InChI is InChI=1S/C24H32N2O2/c1-27-22-17-20-11-16-26(15-8-14-25-12-6-7-13-25)24(19-9-4-3-5-10-19)21(20)18-23(22)28-2/h3-5,9-10,17-18,24H,6-8,11-16H2,1-2H3. The van der Waals surface area contributed by atoms with Gasteiger partial charge in [-0.15, -0.1) is 0 Å². The molecule has 2 heterocycles. The molecule has 0 aliphatic carbocycles. The Hall–Kier alpha value is -2.04. The van der Waals surface area contributed by atoms with Crippen LogP contribution in [-0.4, -0.2) is 56.7 Å². The number of methoxy groups -OCH3 is 2. The summed E-state index contributed by atoms with van der Waals surface area (Å²) < 4.78 is 11.2. The molecule has 2 aliphatic rings. The van der Waals surface area contributed by atoms with Gasteiger partial charge >= 0.3 is 0 Å². The molecule has 4 nitrogen and oxygen atoms in total. The number of nitrogens with zero attached hydrogens (tertiary/aromatic N) is 2. The van der Waals surface area contributed by atoms with E-state index >= 15 is 0 Å². The molecule has 4 heteroatoms. The Morgan fingerprint density at radius 1 is 0.893 bits per heavy atom. The molecular formula is C24H32N2O2. The molecule has 0 spiro atoms. The number of benzene rings is 2. The van der Waals surface area contributed by atoms with Gasteiger partial charge in [-0.1, -0.05) is 30.3 Å². The van der Waals surface area contributed by atoms with Crippen molar-refractivity contribution in [2.24, 2.45) is 0 Å². The van der Waals surface area contributed by atoms with Gasteiger partial charge in [-0.25, -0.2) is 0 Å². The van der Waals surface area contributed by atoms with Crippen LogP contribution in [0.2, 0.25) is 0 Å². The highest BCUT2D eigenvalue weighted by Crippen LogP contribution is 2.40. The van der Waals surface area contributed by atoms with Crippen molar-refractivity contribution in [2.45, 2.75) is 31.7 Å². The number of likely N-dealkylation sites (tertiary alicyclic amines) is 1. The van der Waals surface area contributed by atoms with Gasteiger partial charge in [0, 0.05) is 13.1 Å². The van der Waals surface area contributed by atoms with Crippen LogP contribution in [0, 0.1) is 0 Å². The highest BCUT2D eigenvalue weighted by molar-refractivity contribution is 5.51.